The van der Waals surface area contributed by atoms with E-state index in [-0.39, 0.29) is 36.6 Å². The molecule has 10 heteroatoms. The molecule has 2 saturated heterocycles. The molecule has 3 amide bonds. The van der Waals surface area contributed by atoms with E-state index < -0.39 is 6.04 Å². The highest BCUT2D eigenvalue weighted by Gasteiger charge is 2.39. The number of rotatable bonds is 4. The smallest absolute Gasteiger partial charge is 0.255 e. The van der Waals surface area contributed by atoms with E-state index in [9.17, 15) is 14.4 Å². The molecule has 0 bridgehead atoms. The monoisotopic (exact) mass is 484 g/mol. The minimum Gasteiger partial charge on any atom is -0.370 e. The number of benzene rings is 1. The van der Waals surface area contributed by atoms with Crippen LogP contribution in [0.3, 0.4) is 0 Å². The molecule has 1 aromatic carbocycles. The van der Waals surface area contributed by atoms with Crippen LogP contribution in [0.5, 0.6) is 0 Å². The quantitative estimate of drug-likeness (QED) is 0.232. The van der Waals surface area contributed by atoms with Gasteiger partial charge in [0, 0.05) is 53.6 Å². The van der Waals surface area contributed by atoms with Gasteiger partial charge in [0.15, 0.2) is 0 Å². The minimum absolute atomic E-state index is 0.0378. The summed E-state index contributed by atoms with van der Waals surface area (Å²) in [6.07, 6.45) is 1.71. The topological polar surface area (TPSA) is 115 Å². The van der Waals surface area contributed by atoms with E-state index in [1.54, 1.807) is 11.0 Å². The van der Waals surface area contributed by atoms with Crippen LogP contribution in [0.15, 0.2) is 18.2 Å². The molecule has 3 heterocycles. The Kier molecular flexibility index (Phi) is 5.30. The van der Waals surface area contributed by atoms with Gasteiger partial charge in [0.25, 0.3) is 5.91 Å². The van der Waals surface area contributed by atoms with Crippen molar-refractivity contribution in [2.45, 2.75) is 44.3 Å². The van der Waals surface area contributed by atoms with Crippen molar-refractivity contribution in [3.05, 3.63) is 29.3 Å². The van der Waals surface area contributed by atoms with Gasteiger partial charge in [-0.05, 0) is 36.6 Å². The van der Waals surface area contributed by atoms with E-state index in [4.69, 9.17) is 0 Å². The first-order chi connectivity index (χ1) is 13.0. The highest BCUT2D eigenvalue weighted by Crippen LogP contribution is 2.29. The molecule has 3 atom stereocenters. The molecule has 5 N–H and O–H groups in total. The zero-order valence-electron chi connectivity index (χ0n) is 14.5. The molecule has 3 aliphatic rings. The number of carbonyl (C=O) groups excluding carboxylic acids is 3. The lowest BCUT2D eigenvalue weighted by Gasteiger charge is -2.32. The minimum atomic E-state index is -0.583. The van der Waals surface area contributed by atoms with Gasteiger partial charge in [0.1, 0.15) is 12.3 Å². The van der Waals surface area contributed by atoms with Gasteiger partial charge >= 0.3 is 0 Å². The van der Waals surface area contributed by atoms with Crippen LogP contribution in [0.4, 0.5) is 5.69 Å². The maximum Gasteiger partial charge on any atom is 0.255 e. The summed E-state index contributed by atoms with van der Waals surface area (Å²) in [6.45, 7) is 1.27. The normalized spacial score (nSPS) is 28.1. The van der Waals surface area contributed by atoms with Crippen LogP contribution in [-0.2, 0) is 16.1 Å². The van der Waals surface area contributed by atoms with Gasteiger partial charge in [0.2, 0.25) is 11.8 Å². The molecule has 0 spiro atoms. The van der Waals surface area contributed by atoms with Gasteiger partial charge in [-0.1, -0.05) is 0 Å². The van der Waals surface area contributed by atoms with E-state index in [1.165, 1.54) is 0 Å². The lowest BCUT2D eigenvalue weighted by molar-refractivity contribution is -0.136. The van der Waals surface area contributed by atoms with Gasteiger partial charge < -0.3 is 10.2 Å². The van der Waals surface area contributed by atoms with Crippen molar-refractivity contribution < 1.29 is 14.4 Å². The van der Waals surface area contributed by atoms with Crippen molar-refractivity contribution in [3.8, 4) is 0 Å². The molecule has 9 nitrogen and oxygen atoms in total. The number of nitrogens with one attached hydrogen (secondary N) is 5. The Balaban J connectivity index is 1.46. The summed E-state index contributed by atoms with van der Waals surface area (Å²) in [5, 5.41) is 12.5. The fourth-order valence-electron chi connectivity index (χ4n) is 3.76. The summed E-state index contributed by atoms with van der Waals surface area (Å²) in [5.74, 6) is -0.817. The van der Waals surface area contributed by atoms with Crippen LogP contribution in [0.2, 0.25) is 0 Å². The molecule has 4 rings (SSSR count). The fourth-order valence-corrected chi connectivity index (χ4v) is 4.16. The van der Waals surface area contributed by atoms with Crippen LogP contribution in [0.25, 0.3) is 0 Å². The highest BCUT2D eigenvalue weighted by molar-refractivity contribution is 14.1. The van der Waals surface area contributed by atoms with Gasteiger partial charge in [-0.3, -0.25) is 30.3 Å². The Morgan fingerprint density at radius 1 is 1.19 bits per heavy atom. The van der Waals surface area contributed by atoms with Crippen LogP contribution < -0.4 is 24.8 Å². The number of hydrogen-bond donors (Lipinski definition) is 5. The molecule has 3 unspecified atom stereocenters. The van der Waals surface area contributed by atoms with E-state index in [1.807, 2.05) is 12.1 Å². The van der Waals surface area contributed by atoms with Gasteiger partial charge in [-0.2, -0.15) is 0 Å². The first-order valence-electron chi connectivity index (χ1n) is 8.95. The third-order valence-corrected chi connectivity index (χ3v) is 5.75. The summed E-state index contributed by atoms with van der Waals surface area (Å²) < 4.78 is 3.11. The summed E-state index contributed by atoms with van der Waals surface area (Å²) in [7, 11) is 0. The molecule has 144 valence electrons. The summed E-state index contributed by atoms with van der Waals surface area (Å²) >= 11 is 2.10. The number of anilines is 1. The maximum atomic E-state index is 12.7. The average molecular weight is 484 g/mol. The molecule has 3 aliphatic heterocycles. The number of amides is 3. The number of nitrogens with zero attached hydrogens (tertiary/aromatic N) is 1. The molecule has 0 aliphatic carbocycles. The zero-order chi connectivity index (χ0) is 19.0. The average Bonchev–Trinajstić information content (AvgIpc) is 2.98. The Morgan fingerprint density at radius 2 is 2.04 bits per heavy atom. The standard InChI is InChI=1S/C17H21IN6O3/c18-23-17-19-6-5-13(21-17)20-10-1-2-11-9(7-10)8-24(16(11)27)12-3-4-14(25)22-15(12)26/h1-2,7,12-13,17,19-21,23H,3-6,8H2,(H,22,25,26). The molecule has 2 fully saturated rings. The first-order valence-corrected chi connectivity index (χ1v) is 10.0. The second kappa shape index (κ2) is 7.70. The lowest BCUT2D eigenvalue weighted by atomic mass is 10.0. The molecule has 0 radical (unpaired) electrons. The number of piperidine rings is 1. The van der Waals surface area contributed by atoms with Crippen molar-refractivity contribution >= 4 is 46.3 Å². The van der Waals surface area contributed by atoms with Crippen LogP contribution >= 0.6 is 22.9 Å². The SMILES string of the molecule is O=C1CCC(N2Cc3cc(NC4CCNC(NI)N4)ccc3C2=O)C(=O)N1. The zero-order valence-corrected chi connectivity index (χ0v) is 16.7. The van der Waals surface area contributed by atoms with Crippen molar-refractivity contribution in [1.82, 2.24) is 24.4 Å². The van der Waals surface area contributed by atoms with Gasteiger partial charge in [-0.25, -0.2) is 3.53 Å². The summed E-state index contributed by atoms with van der Waals surface area (Å²) in [6, 6.07) is 5.08. The number of carbonyl (C=O) groups is 3. The van der Waals surface area contributed by atoms with Crippen LogP contribution in [0.1, 0.15) is 35.2 Å². The largest absolute Gasteiger partial charge is 0.370 e. The molecule has 1 aromatic rings. The number of hydrogen-bond acceptors (Lipinski definition) is 7. The van der Waals surface area contributed by atoms with E-state index in [0.717, 1.165) is 24.2 Å². The lowest BCUT2D eigenvalue weighted by Crippen LogP contribution is -2.60. The predicted molar refractivity (Wildman–Crippen MR) is 107 cm³/mol. The van der Waals surface area contributed by atoms with Crippen molar-refractivity contribution in [2.75, 3.05) is 11.9 Å². The van der Waals surface area contributed by atoms with E-state index >= 15 is 0 Å². The summed E-state index contributed by atoms with van der Waals surface area (Å²) in [4.78, 5) is 37.8. The Bertz CT molecular complexity index is 788. The highest BCUT2D eigenvalue weighted by atomic mass is 127. The van der Waals surface area contributed by atoms with Gasteiger partial charge in [0.05, 0.1) is 6.17 Å². The first kappa shape index (κ1) is 18.6. The second-order valence-corrected chi connectivity index (χ2v) is 7.54. The van der Waals surface area contributed by atoms with Crippen LogP contribution in [0, 0.1) is 0 Å². The van der Waals surface area contributed by atoms with Crippen LogP contribution in [-0.4, -0.2) is 47.7 Å². The third kappa shape index (κ3) is 3.79. The Hall–Kier alpha value is -1.76. The molecular weight excluding hydrogens is 463 g/mol. The van der Waals surface area contributed by atoms with E-state index in [2.05, 4.69) is 47.7 Å². The van der Waals surface area contributed by atoms with Gasteiger partial charge in [-0.15, -0.1) is 0 Å². The maximum absolute atomic E-state index is 12.7. The number of halogens is 1. The van der Waals surface area contributed by atoms with Crippen molar-refractivity contribution in [1.29, 1.82) is 0 Å². The summed E-state index contributed by atoms with van der Waals surface area (Å²) in [5.41, 5.74) is 2.45. The Morgan fingerprint density at radius 3 is 2.81 bits per heavy atom. The number of imide groups is 1. The molecular formula is C17H21IN6O3. The van der Waals surface area contributed by atoms with E-state index in [0.29, 0.717) is 18.5 Å². The van der Waals surface area contributed by atoms with Crippen molar-refractivity contribution in [2.24, 2.45) is 0 Å². The molecule has 0 aromatic heterocycles. The Labute approximate surface area is 170 Å². The fraction of sp³-hybridized carbons (Fsp3) is 0.471. The number of fused-ring (bicyclic) bond motifs is 1. The second-order valence-electron chi connectivity index (χ2n) is 6.92. The predicted octanol–water partition coefficient (Wildman–Crippen LogP) is -0.00830. The third-order valence-electron chi connectivity index (χ3n) is 5.12. The molecule has 27 heavy (non-hydrogen) atoms. The molecule has 0 saturated carbocycles. The van der Waals surface area contributed by atoms with Crippen molar-refractivity contribution in [3.63, 3.8) is 0 Å².